The number of hydrogen-bond donors (Lipinski definition) is 0. The fraction of sp³-hybridized carbons (Fsp3) is 0.208. The van der Waals surface area contributed by atoms with Gasteiger partial charge in [-0.05, 0) is 30.2 Å². The molecule has 3 nitrogen and oxygen atoms in total. The lowest BCUT2D eigenvalue weighted by Crippen LogP contribution is -2.33. The molecule has 0 aliphatic rings. The van der Waals surface area contributed by atoms with Crippen LogP contribution in [0.5, 0.6) is 0 Å². The number of carbonyl (C=O) groups is 1. The van der Waals surface area contributed by atoms with E-state index in [9.17, 15) is 9.18 Å². The van der Waals surface area contributed by atoms with E-state index in [1.807, 2.05) is 43.3 Å². The predicted molar refractivity (Wildman–Crippen MR) is 108 cm³/mol. The first-order chi connectivity index (χ1) is 13.6. The van der Waals surface area contributed by atoms with Crippen LogP contribution in [-0.4, -0.2) is 23.5 Å². The predicted octanol–water partition coefficient (Wildman–Crippen LogP) is 5.07. The summed E-state index contributed by atoms with van der Waals surface area (Å²) in [6.07, 6.45) is -0.375. The third kappa shape index (κ3) is 5.76. The number of rotatable bonds is 8. The van der Waals surface area contributed by atoms with Crippen LogP contribution in [0.15, 0.2) is 84.9 Å². The maximum absolute atomic E-state index is 13.8. The van der Waals surface area contributed by atoms with Crippen molar-refractivity contribution in [3.63, 3.8) is 0 Å². The molecule has 0 fully saturated rings. The van der Waals surface area contributed by atoms with Crippen molar-refractivity contribution in [3.8, 4) is 0 Å². The van der Waals surface area contributed by atoms with Crippen molar-refractivity contribution >= 4 is 5.97 Å². The van der Waals surface area contributed by atoms with E-state index < -0.39 is 11.8 Å². The summed E-state index contributed by atoms with van der Waals surface area (Å²) < 4.78 is 19.3. The molecule has 0 aromatic heterocycles. The zero-order chi connectivity index (χ0) is 19.8. The average Bonchev–Trinajstić information content (AvgIpc) is 2.69. The molecule has 0 saturated carbocycles. The highest BCUT2D eigenvalue weighted by Crippen LogP contribution is 2.14. The molecular weight excluding hydrogens is 353 g/mol. The van der Waals surface area contributed by atoms with Crippen molar-refractivity contribution in [2.24, 2.45) is 0 Å². The first-order valence-electron chi connectivity index (χ1n) is 9.37. The molecule has 1 atom stereocenters. The Labute approximate surface area is 165 Å². The molecule has 28 heavy (non-hydrogen) atoms. The summed E-state index contributed by atoms with van der Waals surface area (Å²) in [7, 11) is 0. The Morgan fingerprint density at radius 1 is 0.857 bits per heavy atom. The van der Waals surface area contributed by atoms with Crippen LogP contribution in [0.3, 0.4) is 0 Å². The zero-order valence-corrected chi connectivity index (χ0v) is 15.9. The second kappa shape index (κ2) is 9.81. The molecule has 3 aromatic carbocycles. The van der Waals surface area contributed by atoms with Crippen LogP contribution in [0.25, 0.3) is 0 Å². The second-order valence-electron chi connectivity index (χ2n) is 6.84. The van der Waals surface area contributed by atoms with Gasteiger partial charge in [0, 0.05) is 19.6 Å². The minimum atomic E-state index is -0.634. The number of nitrogens with zero attached hydrogens (tertiary/aromatic N) is 1. The minimum absolute atomic E-state index is 0.0352. The van der Waals surface area contributed by atoms with Gasteiger partial charge in [0.2, 0.25) is 0 Å². The molecule has 144 valence electrons. The largest absolute Gasteiger partial charge is 0.458 e. The van der Waals surface area contributed by atoms with E-state index in [0.29, 0.717) is 6.54 Å². The van der Waals surface area contributed by atoms with Crippen molar-refractivity contribution in [3.05, 3.63) is 107 Å². The molecule has 0 aliphatic heterocycles. The molecule has 0 heterocycles. The van der Waals surface area contributed by atoms with Gasteiger partial charge in [-0.25, -0.2) is 9.18 Å². The van der Waals surface area contributed by atoms with Gasteiger partial charge in [-0.15, -0.1) is 0 Å². The fourth-order valence-corrected chi connectivity index (χ4v) is 3.14. The van der Waals surface area contributed by atoms with E-state index >= 15 is 0 Å². The van der Waals surface area contributed by atoms with Gasteiger partial charge in [-0.2, -0.15) is 0 Å². The van der Waals surface area contributed by atoms with E-state index in [0.717, 1.165) is 13.1 Å². The van der Waals surface area contributed by atoms with Crippen LogP contribution in [0.2, 0.25) is 0 Å². The molecule has 0 aliphatic carbocycles. The molecule has 0 bridgehead atoms. The van der Waals surface area contributed by atoms with Gasteiger partial charge in [-0.3, -0.25) is 4.90 Å². The monoisotopic (exact) mass is 377 g/mol. The topological polar surface area (TPSA) is 29.5 Å². The van der Waals surface area contributed by atoms with Crippen LogP contribution in [-0.2, 0) is 17.8 Å². The van der Waals surface area contributed by atoms with Gasteiger partial charge >= 0.3 is 5.97 Å². The number of carbonyl (C=O) groups excluding carboxylic acids is 1. The van der Waals surface area contributed by atoms with E-state index in [-0.39, 0.29) is 11.7 Å². The molecule has 0 spiro atoms. The van der Waals surface area contributed by atoms with Gasteiger partial charge in [0.15, 0.2) is 0 Å². The van der Waals surface area contributed by atoms with Gasteiger partial charge in [-0.1, -0.05) is 72.8 Å². The lowest BCUT2D eigenvalue weighted by molar-refractivity contribution is 0.0232. The molecule has 0 radical (unpaired) electrons. The highest BCUT2D eigenvalue weighted by atomic mass is 19.1. The lowest BCUT2D eigenvalue weighted by Gasteiger charge is -2.26. The highest BCUT2D eigenvalue weighted by Gasteiger charge is 2.18. The normalized spacial score (nSPS) is 12.0. The molecule has 3 aromatic rings. The Kier molecular flexibility index (Phi) is 6.93. The average molecular weight is 377 g/mol. The second-order valence-corrected chi connectivity index (χ2v) is 6.84. The molecule has 0 N–H and O–H groups in total. The lowest BCUT2D eigenvalue weighted by atomic mass is 10.1. The van der Waals surface area contributed by atoms with Crippen molar-refractivity contribution in [1.29, 1.82) is 0 Å². The van der Waals surface area contributed by atoms with Crippen LogP contribution >= 0.6 is 0 Å². The van der Waals surface area contributed by atoms with E-state index in [1.165, 1.54) is 23.3 Å². The van der Waals surface area contributed by atoms with Crippen molar-refractivity contribution < 1.29 is 13.9 Å². The van der Waals surface area contributed by atoms with Crippen molar-refractivity contribution in [2.75, 3.05) is 6.54 Å². The molecule has 1 unspecified atom stereocenters. The van der Waals surface area contributed by atoms with Crippen LogP contribution in [0.1, 0.15) is 28.4 Å². The van der Waals surface area contributed by atoms with Crippen molar-refractivity contribution in [1.82, 2.24) is 4.90 Å². The van der Waals surface area contributed by atoms with Gasteiger partial charge in [0.05, 0.1) is 5.56 Å². The SMILES string of the molecule is CC(CN(Cc1ccccc1)Cc1ccccc1)OC(=O)c1ccccc1F. The summed E-state index contributed by atoms with van der Waals surface area (Å²) in [5.74, 6) is -1.20. The molecule has 4 heteroatoms. The molecule has 3 rings (SSSR count). The summed E-state index contributed by atoms with van der Waals surface area (Å²) in [5, 5.41) is 0. The zero-order valence-electron chi connectivity index (χ0n) is 15.9. The molecule has 0 amide bonds. The Morgan fingerprint density at radius 2 is 1.36 bits per heavy atom. The smallest absolute Gasteiger partial charge is 0.341 e. The van der Waals surface area contributed by atoms with Gasteiger partial charge in [0.1, 0.15) is 11.9 Å². The summed E-state index contributed by atoms with van der Waals surface area (Å²) in [5.41, 5.74) is 2.34. The number of ether oxygens (including phenoxy) is 1. The van der Waals surface area contributed by atoms with Crippen molar-refractivity contribution in [2.45, 2.75) is 26.1 Å². The van der Waals surface area contributed by atoms with Crippen LogP contribution in [0, 0.1) is 5.82 Å². The first kappa shape index (κ1) is 19.8. The first-order valence-corrected chi connectivity index (χ1v) is 9.37. The summed E-state index contributed by atoms with van der Waals surface area (Å²) >= 11 is 0. The maximum atomic E-state index is 13.8. The third-order valence-electron chi connectivity index (χ3n) is 4.42. The fourth-order valence-electron chi connectivity index (χ4n) is 3.14. The Hall–Kier alpha value is -2.98. The number of hydrogen-bond acceptors (Lipinski definition) is 3. The summed E-state index contributed by atoms with van der Waals surface area (Å²) in [6.45, 7) is 3.85. The molecular formula is C24H24FNO2. The van der Waals surface area contributed by atoms with E-state index in [4.69, 9.17) is 4.74 Å². The number of esters is 1. The summed E-state index contributed by atoms with van der Waals surface area (Å²) in [6, 6.07) is 26.2. The van der Waals surface area contributed by atoms with E-state index in [1.54, 1.807) is 12.1 Å². The quantitative estimate of drug-likeness (QED) is 0.513. The standard InChI is InChI=1S/C24H24FNO2/c1-19(28-24(27)22-14-8-9-15-23(22)25)16-26(17-20-10-4-2-5-11-20)18-21-12-6-3-7-13-21/h2-15,19H,16-18H2,1H3. The molecule has 0 saturated heterocycles. The third-order valence-corrected chi connectivity index (χ3v) is 4.42. The number of benzene rings is 3. The Balaban J connectivity index is 1.67. The minimum Gasteiger partial charge on any atom is -0.458 e. The maximum Gasteiger partial charge on any atom is 0.341 e. The Morgan fingerprint density at radius 3 is 1.89 bits per heavy atom. The van der Waals surface area contributed by atoms with E-state index in [2.05, 4.69) is 29.2 Å². The highest BCUT2D eigenvalue weighted by molar-refractivity contribution is 5.89. The Bertz CT molecular complexity index is 842. The van der Waals surface area contributed by atoms with Crippen LogP contribution in [0.4, 0.5) is 4.39 Å². The van der Waals surface area contributed by atoms with Crippen LogP contribution < -0.4 is 0 Å². The van der Waals surface area contributed by atoms with Gasteiger partial charge < -0.3 is 4.74 Å². The summed E-state index contributed by atoms with van der Waals surface area (Å²) in [4.78, 5) is 14.5. The van der Waals surface area contributed by atoms with Gasteiger partial charge in [0.25, 0.3) is 0 Å². The number of halogens is 1.